The number of non-ortho nitro benzene ring substituents is 1. The summed E-state index contributed by atoms with van der Waals surface area (Å²) in [4.78, 5) is 21.3. The van der Waals surface area contributed by atoms with E-state index in [1.165, 1.54) is 18.2 Å². The van der Waals surface area contributed by atoms with Crippen molar-refractivity contribution >= 4 is 23.3 Å². The first kappa shape index (κ1) is 12.4. The molecule has 86 valence electrons. The van der Waals surface area contributed by atoms with Crippen LogP contribution in [0.5, 0.6) is 0 Å². The van der Waals surface area contributed by atoms with E-state index < -0.39 is 16.3 Å². The molecular weight excluding hydrogens is 234 g/mol. The van der Waals surface area contributed by atoms with Gasteiger partial charge in [0.25, 0.3) is 5.69 Å². The molecule has 1 rings (SSSR count). The van der Waals surface area contributed by atoms with Gasteiger partial charge in [0.2, 0.25) is 0 Å². The summed E-state index contributed by atoms with van der Waals surface area (Å²) in [6.45, 7) is 1.88. The number of esters is 1. The number of ether oxygens (including phenoxy) is 1. The Hall–Kier alpha value is -1.62. The van der Waals surface area contributed by atoms with E-state index in [0.717, 1.165) is 0 Å². The highest BCUT2D eigenvalue weighted by Gasteiger charge is 2.20. The Kier molecular flexibility index (Phi) is 4.25. The summed E-state index contributed by atoms with van der Waals surface area (Å²) >= 11 is 5.81. The molecule has 0 amide bonds. The van der Waals surface area contributed by atoms with Crippen LogP contribution in [0.2, 0.25) is 0 Å². The van der Waals surface area contributed by atoms with Gasteiger partial charge >= 0.3 is 5.97 Å². The Labute approximate surface area is 97.1 Å². The minimum absolute atomic E-state index is 0.104. The molecule has 0 bridgehead atoms. The molecule has 1 aromatic carbocycles. The highest BCUT2D eigenvalue weighted by atomic mass is 35.5. The van der Waals surface area contributed by atoms with Crippen molar-refractivity contribution in [3.8, 4) is 0 Å². The van der Waals surface area contributed by atoms with Gasteiger partial charge in [0.15, 0.2) is 5.38 Å². The van der Waals surface area contributed by atoms with E-state index in [2.05, 4.69) is 0 Å². The van der Waals surface area contributed by atoms with Gasteiger partial charge in [-0.1, -0.05) is 12.1 Å². The number of rotatable bonds is 4. The first-order valence-electron chi connectivity index (χ1n) is 4.61. The van der Waals surface area contributed by atoms with Crippen molar-refractivity contribution in [2.24, 2.45) is 0 Å². The summed E-state index contributed by atoms with van der Waals surface area (Å²) in [6, 6.07) is 5.61. The fourth-order valence-corrected chi connectivity index (χ4v) is 1.35. The molecule has 1 atom stereocenters. The van der Waals surface area contributed by atoms with Crippen LogP contribution in [0, 0.1) is 10.1 Å². The summed E-state index contributed by atoms with van der Waals surface area (Å²) in [7, 11) is 0. The van der Waals surface area contributed by atoms with Crippen LogP contribution in [0.3, 0.4) is 0 Å². The van der Waals surface area contributed by atoms with Crippen LogP contribution < -0.4 is 0 Å². The van der Waals surface area contributed by atoms with Crippen molar-refractivity contribution in [1.82, 2.24) is 0 Å². The SMILES string of the molecule is CCOC(=O)C(Cl)c1cccc([N+](=O)[O-])c1. The molecule has 0 saturated carbocycles. The smallest absolute Gasteiger partial charge is 0.328 e. The van der Waals surface area contributed by atoms with Crippen LogP contribution in [-0.2, 0) is 9.53 Å². The lowest BCUT2D eigenvalue weighted by Crippen LogP contribution is -2.11. The summed E-state index contributed by atoms with van der Waals surface area (Å²) in [5, 5.41) is 9.50. The number of nitro benzene ring substituents is 1. The molecule has 0 saturated heterocycles. The molecule has 1 unspecified atom stereocenters. The molecular formula is C10H10ClNO4. The predicted octanol–water partition coefficient (Wildman–Crippen LogP) is 2.44. The molecule has 0 aliphatic carbocycles. The average molecular weight is 244 g/mol. The highest BCUT2D eigenvalue weighted by Crippen LogP contribution is 2.25. The van der Waals surface area contributed by atoms with E-state index in [9.17, 15) is 14.9 Å². The summed E-state index contributed by atoms with van der Waals surface area (Å²) in [5.74, 6) is -0.607. The predicted molar refractivity (Wildman–Crippen MR) is 58.3 cm³/mol. The lowest BCUT2D eigenvalue weighted by molar-refractivity contribution is -0.384. The topological polar surface area (TPSA) is 69.4 Å². The Morgan fingerprint density at radius 3 is 2.88 bits per heavy atom. The van der Waals surface area contributed by atoms with Crippen molar-refractivity contribution in [2.75, 3.05) is 6.61 Å². The zero-order chi connectivity index (χ0) is 12.1. The highest BCUT2D eigenvalue weighted by molar-refractivity contribution is 6.29. The van der Waals surface area contributed by atoms with Gasteiger partial charge in [0.1, 0.15) is 0 Å². The largest absolute Gasteiger partial charge is 0.465 e. The number of nitro groups is 1. The standard InChI is InChI=1S/C10H10ClNO4/c1-2-16-10(13)9(11)7-4-3-5-8(6-7)12(14)15/h3-6,9H,2H2,1H3. The molecule has 0 aliphatic rings. The number of carbonyl (C=O) groups excluding carboxylic acids is 1. The molecule has 5 nitrogen and oxygen atoms in total. The summed E-state index contributed by atoms with van der Waals surface area (Å²) < 4.78 is 4.72. The van der Waals surface area contributed by atoms with E-state index in [1.54, 1.807) is 13.0 Å². The van der Waals surface area contributed by atoms with Gasteiger partial charge in [0.05, 0.1) is 11.5 Å². The summed E-state index contributed by atoms with van der Waals surface area (Å²) in [6.07, 6.45) is 0. The lowest BCUT2D eigenvalue weighted by Gasteiger charge is -2.08. The maximum Gasteiger partial charge on any atom is 0.328 e. The molecule has 6 heteroatoms. The second-order valence-corrected chi connectivity index (χ2v) is 3.40. The number of alkyl halides is 1. The number of nitrogens with zero attached hydrogens (tertiary/aromatic N) is 1. The lowest BCUT2D eigenvalue weighted by atomic mass is 10.1. The van der Waals surface area contributed by atoms with Crippen molar-refractivity contribution in [2.45, 2.75) is 12.3 Å². The number of hydrogen-bond donors (Lipinski definition) is 0. The fourth-order valence-electron chi connectivity index (χ4n) is 1.15. The first-order chi connectivity index (χ1) is 7.56. The Bertz CT molecular complexity index is 408. The van der Waals surface area contributed by atoms with Crippen LogP contribution in [0.25, 0.3) is 0 Å². The minimum atomic E-state index is -1.01. The molecule has 1 aromatic rings. The Morgan fingerprint density at radius 2 is 2.31 bits per heavy atom. The van der Waals surface area contributed by atoms with Gasteiger partial charge in [-0.05, 0) is 12.5 Å². The minimum Gasteiger partial charge on any atom is -0.465 e. The molecule has 0 aliphatic heterocycles. The molecule has 0 radical (unpaired) electrons. The molecule has 0 fully saturated rings. The Balaban J connectivity index is 2.91. The normalized spacial score (nSPS) is 11.9. The van der Waals surface area contributed by atoms with Crippen molar-refractivity contribution in [3.63, 3.8) is 0 Å². The third-order valence-electron chi connectivity index (χ3n) is 1.87. The molecule has 0 N–H and O–H groups in total. The van der Waals surface area contributed by atoms with Crippen LogP contribution in [0.4, 0.5) is 5.69 Å². The molecule has 0 heterocycles. The monoisotopic (exact) mass is 243 g/mol. The van der Waals surface area contributed by atoms with E-state index in [-0.39, 0.29) is 12.3 Å². The second kappa shape index (κ2) is 5.46. The van der Waals surface area contributed by atoms with Crippen LogP contribution in [0.15, 0.2) is 24.3 Å². The zero-order valence-electron chi connectivity index (χ0n) is 8.55. The second-order valence-electron chi connectivity index (χ2n) is 2.97. The number of halogens is 1. The molecule has 16 heavy (non-hydrogen) atoms. The maximum absolute atomic E-state index is 11.3. The van der Waals surface area contributed by atoms with Gasteiger partial charge < -0.3 is 4.74 Å². The van der Waals surface area contributed by atoms with Crippen LogP contribution >= 0.6 is 11.6 Å². The molecule has 0 spiro atoms. The number of carbonyl (C=O) groups is 1. The van der Waals surface area contributed by atoms with Crippen LogP contribution in [0.1, 0.15) is 17.9 Å². The van der Waals surface area contributed by atoms with Gasteiger partial charge in [0, 0.05) is 12.1 Å². The quantitative estimate of drug-likeness (QED) is 0.352. The first-order valence-corrected chi connectivity index (χ1v) is 5.05. The third-order valence-corrected chi connectivity index (χ3v) is 2.30. The molecule has 0 aromatic heterocycles. The maximum atomic E-state index is 11.3. The van der Waals surface area contributed by atoms with E-state index >= 15 is 0 Å². The third kappa shape index (κ3) is 2.93. The van der Waals surface area contributed by atoms with E-state index in [1.807, 2.05) is 0 Å². The summed E-state index contributed by atoms with van der Waals surface area (Å²) in [5.41, 5.74) is 0.252. The van der Waals surface area contributed by atoms with Crippen LogP contribution in [-0.4, -0.2) is 17.5 Å². The zero-order valence-corrected chi connectivity index (χ0v) is 9.31. The van der Waals surface area contributed by atoms with Crippen molar-refractivity contribution in [1.29, 1.82) is 0 Å². The van der Waals surface area contributed by atoms with Gasteiger partial charge in [-0.15, -0.1) is 11.6 Å². The fraction of sp³-hybridized carbons (Fsp3) is 0.300. The van der Waals surface area contributed by atoms with Crippen molar-refractivity contribution < 1.29 is 14.5 Å². The van der Waals surface area contributed by atoms with Gasteiger partial charge in [-0.2, -0.15) is 0 Å². The van der Waals surface area contributed by atoms with Gasteiger partial charge in [-0.25, -0.2) is 0 Å². The number of benzene rings is 1. The van der Waals surface area contributed by atoms with E-state index in [4.69, 9.17) is 16.3 Å². The number of hydrogen-bond acceptors (Lipinski definition) is 4. The van der Waals surface area contributed by atoms with E-state index in [0.29, 0.717) is 5.56 Å². The average Bonchev–Trinajstić information content (AvgIpc) is 2.28. The van der Waals surface area contributed by atoms with Crippen molar-refractivity contribution in [3.05, 3.63) is 39.9 Å². The Morgan fingerprint density at radius 1 is 1.62 bits per heavy atom. The van der Waals surface area contributed by atoms with Gasteiger partial charge in [-0.3, -0.25) is 14.9 Å².